The molecular weight excluding hydrogens is 323 g/mol. The van der Waals surface area contributed by atoms with E-state index >= 15 is 0 Å². The van der Waals surface area contributed by atoms with Crippen molar-refractivity contribution in [2.75, 3.05) is 0 Å². The van der Waals surface area contributed by atoms with Crippen molar-refractivity contribution in [3.05, 3.63) is 42.5 Å². The van der Waals surface area contributed by atoms with Crippen molar-refractivity contribution in [3.63, 3.8) is 0 Å². The van der Waals surface area contributed by atoms with E-state index in [0.29, 0.717) is 27.2 Å². The van der Waals surface area contributed by atoms with Gasteiger partial charge in [-0.1, -0.05) is 0 Å². The van der Waals surface area contributed by atoms with E-state index in [9.17, 15) is 0 Å². The molecule has 0 aromatic heterocycles. The van der Waals surface area contributed by atoms with Crippen molar-refractivity contribution in [1.82, 2.24) is 0 Å². The van der Waals surface area contributed by atoms with Crippen molar-refractivity contribution >= 4 is 30.2 Å². The van der Waals surface area contributed by atoms with Crippen molar-refractivity contribution < 1.29 is 4.74 Å². The zero-order chi connectivity index (χ0) is 14.1. The molecule has 110 valence electrons. The van der Waals surface area contributed by atoms with Gasteiger partial charge >= 0.3 is 133 Å². The standard InChI is InChI=1S/C19H22OSe/c1-3-9-17-14(6-1)8-5-11-19(17)21-13-16-12-15-7-2-4-10-18(15)20-16/h1,3,5-6,8-9,11,15-16,18H,2,4,7,10,12-13H2/t15-,16+,18+/m1/s1. The predicted molar refractivity (Wildman–Crippen MR) is 89.4 cm³/mol. The van der Waals surface area contributed by atoms with Crippen LogP contribution < -0.4 is 4.46 Å². The van der Waals surface area contributed by atoms with Crippen LogP contribution in [0.2, 0.25) is 5.32 Å². The maximum absolute atomic E-state index is 6.31. The third-order valence-electron chi connectivity index (χ3n) is 4.95. The number of hydrogen-bond donors (Lipinski definition) is 0. The number of rotatable bonds is 3. The second kappa shape index (κ2) is 6.12. The normalized spacial score (nSPS) is 28.7. The molecule has 1 saturated heterocycles. The van der Waals surface area contributed by atoms with Gasteiger partial charge in [-0.3, -0.25) is 0 Å². The summed E-state index contributed by atoms with van der Waals surface area (Å²) in [5.74, 6) is 0.868. The van der Waals surface area contributed by atoms with Gasteiger partial charge in [0.15, 0.2) is 0 Å². The Kier molecular flexibility index (Phi) is 4.03. The first-order chi connectivity index (χ1) is 10.4. The molecule has 2 aliphatic rings. The Morgan fingerprint density at radius 1 is 1.00 bits per heavy atom. The molecule has 2 aromatic rings. The van der Waals surface area contributed by atoms with Crippen LogP contribution in [-0.2, 0) is 4.74 Å². The van der Waals surface area contributed by atoms with E-state index < -0.39 is 0 Å². The van der Waals surface area contributed by atoms with Crippen LogP contribution >= 0.6 is 0 Å². The monoisotopic (exact) mass is 346 g/mol. The summed E-state index contributed by atoms with van der Waals surface area (Å²) in [6.45, 7) is 0. The van der Waals surface area contributed by atoms with Crippen molar-refractivity contribution in [3.8, 4) is 0 Å². The Morgan fingerprint density at radius 3 is 2.81 bits per heavy atom. The summed E-state index contributed by atoms with van der Waals surface area (Å²) in [7, 11) is 0. The summed E-state index contributed by atoms with van der Waals surface area (Å²) in [5.41, 5.74) is 0. The molecule has 0 radical (unpaired) electrons. The molecule has 0 bridgehead atoms. The van der Waals surface area contributed by atoms with Gasteiger partial charge in [-0.05, 0) is 0 Å². The van der Waals surface area contributed by atoms with Gasteiger partial charge in [-0.25, -0.2) is 0 Å². The fraction of sp³-hybridized carbons (Fsp3) is 0.474. The van der Waals surface area contributed by atoms with Crippen molar-refractivity contribution in [2.45, 2.75) is 49.6 Å². The molecule has 0 amide bonds. The van der Waals surface area contributed by atoms with Gasteiger partial charge in [0.2, 0.25) is 0 Å². The van der Waals surface area contributed by atoms with Gasteiger partial charge in [-0.15, -0.1) is 0 Å². The van der Waals surface area contributed by atoms with Crippen LogP contribution in [0.5, 0.6) is 0 Å². The fourth-order valence-electron chi connectivity index (χ4n) is 3.87. The third-order valence-corrected chi connectivity index (χ3v) is 7.48. The Hall–Kier alpha value is -0.821. The first-order valence-corrected chi connectivity index (χ1v) is 10.2. The second-order valence-electron chi connectivity index (χ2n) is 6.37. The summed E-state index contributed by atoms with van der Waals surface area (Å²) in [6, 6.07) is 15.5. The molecule has 0 spiro atoms. The summed E-state index contributed by atoms with van der Waals surface area (Å²) in [5, 5.41) is 4.06. The number of ether oxygens (including phenoxy) is 1. The molecule has 1 nitrogen and oxygen atoms in total. The molecule has 3 atom stereocenters. The predicted octanol–water partition coefficient (Wildman–Crippen LogP) is 3.94. The minimum absolute atomic E-state index is 0.525. The van der Waals surface area contributed by atoms with Gasteiger partial charge in [0, 0.05) is 0 Å². The first kappa shape index (κ1) is 13.8. The molecule has 1 heterocycles. The van der Waals surface area contributed by atoms with Crippen LogP contribution in [0.4, 0.5) is 0 Å². The van der Waals surface area contributed by atoms with Crippen LogP contribution in [0.1, 0.15) is 32.1 Å². The van der Waals surface area contributed by atoms with Crippen molar-refractivity contribution in [1.29, 1.82) is 0 Å². The fourth-order valence-corrected chi connectivity index (χ4v) is 6.17. The van der Waals surface area contributed by atoms with E-state index in [1.807, 2.05) is 0 Å². The molecule has 0 N–H and O–H groups in total. The Labute approximate surface area is 133 Å². The van der Waals surface area contributed by atoms with Gasteiger partial charge < -0.3 is 0 Å². The molecule has 1 saturated carbocycles. The van der Waals surface area contributed by atoms with E-state index in [1.165, 1.54) is 48.2 Å². The Balaban J connectivity index is 1.44. The average molecular weight is 345 g/mol. The molecule has 2 aromatic carbocycles. The second-order valence-corrected chi connectivity index (χ2v) is 8.59. The van der Waals surface area contributed by atoms with E-state index in [1.54, 1.807) is 4.46 Å². The van der Waals surface area contributed by atoms with Gasteiger partial charge in [0.1, 0.15) is 0 Å². The maximum atomic E-state index is 6.31. The molecule has 1 aliphatic heterocycles. The van der Waals surface area contributed by atoms with Crippen LogP contribution in [0.3, 0.4) is 0 Å². The average Bonchev–Trinajstić information content (AvgIpc) is 2.96. The minimum atomic E-state index is 0.525. The first-order valence-electron chi connectivity index (χ1n) is 8.16. The Morgan fingerprint density at radius 2 is 1.86 bits per heavy atom. The topological polar surface area (TPSA) is 9.23 Å². The van der Waals surface area contributed by atoms with E-state index in [2.05, 4.69) is 42.5 Å². The Bertz CT molecular complexity index is 604. The number of hydrogen-bond acceptors (Lipinski definition) is 1. The summed E-state index contributed by atoms with van der Waals surface area (Å²) >= 11 is 0.527. The number of benzene rings is 2. The van der Waals surface area contributed by atoms with Crippen LogP contribution in [-0.4, -0.2) is 27.2 Å². The van der Waals surface area contributed by atoms with Gasteiger partial charge in [0.05, 0.1) is 0 Å². The molecule has 2 heteroatoms. The molecular formula is C19H22OSe. The SMILES string of the molecule is c1ccc2c([Se]C[C@@H]3C[C@H]4CCCC[C@@H]4O3)cccc2c1. The van der Waals surface area contributed by atoms with Crippen LogP contribution in [0.25, 0.3) is 10.8 Å². The quantitative estimate of drug-likeness (QED) is 0.766. The van der Waals surface area contributed by atoms with E-state index in [4.69, 9.17) is 4.74 Å². The molecule has 1 aliphatic carbocycles. The number of fused-ring (bicyclic) bond motifs is 2. The zero-order valence-corrected chi connectivity index (χ0v) is 14.0. The third kappa shape index (κ3) is 2.90. The van der Waals surface area contributed by atoms with E-state index in [0.717, 1.165) is 5.92 Å². The van der Waals surface area contributed by atoms with Crippen LogP contribution in [0, 0.1) is 5.92 Å². The molecule has 21 heavy (non-hydrogen) atoms. The van der Waals surface area contributed by atoms with Crippen LogP contribution in [0.15, 0.2) is 42.5 Å². The molecule has 0 unspecified atom stereocenters. The molecule has 4 rings (SSSR count). The van der Waals surface area contributed by atoms with Crippen molar-refractivity contribution in [2.24, 2.45) is 5.92 Å². The summed E-state index contributed by atoms with van der Waals surface area (Å²) in [6.07, 6.45) is 7.94. The molecule has 2 fully saturated rings. The zero-order valence-electron chi connectivity index (χ0n) is 12.3. The van der Waals surface area contributed by atoms with E-state index in [-0.39, 0.29) is 0 Å². The van der Waals surface area contributed by atoms with Gasteiger partial charge in [-0.2, -0.15) is 0 Å². The summed E-state index contributed by atoms with van der Waals surface area (Å²) in [4.78, 5) is 0. The summed E-state index contributed by atoms with van der Waals surface area (Å²) < 4.78 is 7.86. The van der Waals surface area contributed by atoms with Gasteiger partial charge in [0.25, 0.3) is 0 Å².